The molecule has 17 heavy (non-hydrogen) atoms. The number of nitrogens with two attached hydrogens (primary N) is 1. The molecule has 1 atom stereocenters. The zero-order valence-electron chi connectivity index (χ0n) is 11.0. The molecule has 96 valence electrons. The fourth-order valence-electron chi connectivity index (χ4n) is 2.48. The number of nitrogens with zero attached hydrogens (tertiary/aromatic N) is 3. The van der Waals surface area contributed by atoms with Gasteiger partial charge in [0.1, 0.15) is 5.82 Å². The fourth-order valence-corrected chi connectivity index (χ4v) is 2.48. The van der Waals surface area contributed by atoms with Crippen molar-refractivity contribution in [3.63, 3.8) is 0 Å². The van der Waals surface area contributed by atoms with Gasteiger partial charge in [0.05, 0.1) is 11.4 Å². The number of aromatic nitrogens is 2. The summed E-state index contributed by atoms with van der Waals surface area (Å²) in [4.78, 5) is 2.50. The molecule has 1 fully saturated rings. The Morgan fingerprint density at radius 1 is 1.41 bits per heavy atom. The molecular weight excluding hydrogens is 214 g/mol. The van der Waals surface area contributed by atoms with E-state index in [-0.39, 0.29) is 0 Å². The van der Waals surface area contributed by atoms with E-state index in [0.29, 0.717) is 6.04 Å². The van der Waals surface area contributed by atoms with Crippen LogP contribution in [0, 0.1) is 6.92 Å². The summed E-state index contributed by atoms with van der Waals surface area (Å²) in [5.74, 6) is 0.939. The van der Waals surface area contributed by atoms with Crippen LogP contribution in [0.2, 0.25) is 0 Å². The van der Waals surface area contributed by atoms with Crippen LogP contribution in [-0.2, 0) is 7.05 Å². The standard InChI is InChI=1S/C12H23N5/c1-9(8-17-6-4-5-7-17)14-12-11(13)10(2)15-16(12)3/h9,14H,4-8,13H2,1-3H3. The summed E-state index contributed by atoms with van der Waals surface area (Å²) in [5, 5.41) is 7.77. The number of likely N-dealkylation sites (tertiary alicyclic amines) is 1. The predicted octanol–water partition coefficient (Wildman–Crippen LogP) is 1.21. The van der Waals surface area contributed by atoms with Crippen LogP contribution < -0.4 is 11.1 Å². The summed E-state index contributed by atoms with van der Waals surface area (Å²) in [7, 11) is 1.92. The Bertz CT molecular complexity index is 378. The van der Waals surface area contributed by atoms with Crippen LogP contribution in [0.3, 0.4) is 0 Å². The number of nitrogen functional groups attached to an aromatic ring is 1. The first-order valence-electron chi connectivity index (χ1n) is 6.36. The molecule has 1 aromatic heterocycles. The monoisotopic (exact) mass is 237 g/mol. The van der Waals surface area contributed by atoms with Crippen LogP contribution in [0.15, 0.2) is 0 Å². The van der Waals surface area contributed by atoms with E-state index >= 15 is 0 Å². The van der Waals surface area contributed by atoms with E-state index in [9.17, 15) is 0 Å². The van der Waals surface area contributed by atoms with Crippen molar-refractivity contribution in [3.8, 4) is 0 Å². The molecule has 0 spiro atoms. The van der Waals surface area contributed by atoms with E-state index in [0.717, 1.165) is 23.7 Å². The average molecular weight is 237 g/mol. The number of anilines is 2. The Hall–Kier alpha value is -1.23. The third-order valence-corrected chi connectivity index (χ3v) is 3.38. The second-order valence-electron chi connectivity index (χ2n) is 5.02. The lowest BCUT2D eigenvalue weighted by Gasteiger charge is -2.22. The Morgan fingerprint density at radius 3 is 2.59 bits per heavy atom. The SMILES string of the molecule is Cc1nn(C)c(NC(C)CN2CCCC2)c1N. The number of nitrogens with one attached hydrogen (secondary N) is 1. The summed E-state index contributed by atoms with van der Waals surface area (Å²) in [6, 6.07) is 0.394. The summed E-state index contributed by atoms with van der Waals surface area (Å²) in [6.07, 6.45) is 2.67. The van der Waals surface area contributed by atoms with Gasteiger partial charge in [-0.1, -0.05) is 0 Å². The molecule has 1 unspecified atom stereocenters. The van der Waals surface area contributed by atoms with Gasteiger partial charge in [0.2, 0.25) is 0 Å². The van der Waals surface area contributed by atoms with Gasteiger partial charge < -0.3 is 16.0 Å². The first-order valence-corrected chi connectivity index (χ1v) is 6.36. The molecule has 0 saturated carbocycles. The highest BCUT2D eigenvalue weighted by Crippen LogP contribution is 2.22. The Balaban J connectivity index is 1.95. The highest BCUT2D eigenvalue weighted by Gasteiger charge is 2.17. The molecule has 0 amide bonds. The van der Waals surface area contributed by atoms with Gasteiger partial charge in [-0.15, -0.1) is 0 Å². The molecule has 1 aliphatic heterocycles. The lowest BCUT2D eigenvalue weighted by atomic mass is 10.3. The maximum atomic E-state index is 6.00. The number of hydrogen-bond acceptors (Lipinski definition) is 4. The van der Waals surface area contributed by atoms with Crippen molar-refractivity contribution in [2.24, 2.45) is 7.05 Å². The van der Waals surface area contributed by atoms with Crippen molar-refractivity contribution < 1.29 is 0 Å². The van der Waals surface area contributed by atoms with Crippen LogP contribution in [0.25, 0.3) is 0 Å². The van der Waals surface area contributed by atoms with Gasteiger partial charge in [-0.3, -0.25) is 4.68 Å². The van der Waals surface area contributed by atoms with Crippen molar-refractivity contribution in [1.82, 2.24) is 14.7 Å². The Morgan fingerprint density at radius 2 is 2.06 bits per heavy atom. The van der Waals surface area contributed by atoms with E-state index in [1.54, 1.807) is 0 Å². The summed E-state index contributed by atoms with van der Waals surface area (Å²) >= 11 is 0. The zero-order valence-corrected chi connectivity index (χ0v) is 11.0. The van der Waals surface area contributed by atoms with Crippen LogP contribution in [0.1, 0.15) is 25.5 Å². The van der Waals surface area contributed by atoms with Crippen molar-refractivity contribution in [1.29, 1.82) is 0 Å². The lowest BCUT2D eigenvalue weighted by Crippen LogP contribution is -2.33. The first kappa shape index (κ1) is 12.2. The topological polar surface area (TPSA) is 59.1 Å². The van der Waals surface area contributed by atoms with Gasteiger partial charge in [0.25, 0.3) is 0 Å². The van der Waals surface area contributed by atoms with Crippen molar-refractivity contribution in [2.45, 2.75) is 32.7 Å². The molecule has 2 rings (SSSR count). The van der Waals surface area contributed by atoms with Crippen LogP contribution in [-0.4, -0.2) is 40.4 Å². The third kappa shape index (κ3) is 2.72. The van der Waals surface area contributed by atoms with E-state index in [1.165, 1.54) is 25.9 Å². The Labute approximate surface area is 103 Å². The minimum absolute atomic E-state index is 0.394. The second-order valence-corrected chi connectivity index (χ2v) is 5.02. The number of hydrogen-bond donors (Lipinski definition) is 2. The van der Waals surface area contributed by atoms with Crippen LogP contribution in [0.5, 0.6) is 0 Å². The van der Waals surface area contributed by atoms with Gasteiger partial charge in [-0.2, -0.15) is 5.10 Å². The van der Waals surface area contributed by atoms with Crippen molar-refractivity contribution >= 4 is 11.5 Å². The normalized spacial score (nSPS) is 18.5. The van der Waals surface area contributed by atoms with Crippen LogP contribution in [0.4, 0.5) is 11.5 Å². The molecule has 1 aromatic rings. The van der Waals surface area contributed by atoms with E-state index in [4.69, 9.17) is 5.73 Å². The molecule has 0 radical (unpaired) electrons. The molecule has 1 aliphatic rings. The Kier molecular flexibility index (Phi) is 3.57. The summed E-state index contributed by atoms with van der Waals surface area (Å²) in [5.41, 5.74) is 7.66. The minimum Gasteiger partial charge on any atom is -0.394 e. The zero-order chi connectivity index (χ0) is 12.4. The molecule has 0 bridgehead atoms. The maximum absolute atomic E-state index is 6.00. The van der Waals surface area contributed by atoms with Gasteiger partial charge in [0, 0.05) is 19.6 Å². The minimum atomic E-state index is 0.394. The smallest absolute Gasteiger partial charge is 0.148 e. The largest absolute Gasteiger partial charge is 0.394 e. The lowest BCUT2D eigenvalue weighted by molar-refractivity contribution is 0.327. The highest BCUT2D eigenvalue weighted by atomic mass is 15.3. The van der Waals surface area contributed by atoms with E-state index in [1.807, 2.05) is 18.7 Å². The molecule has 5 nitrogen and oxygen atoms in total. The third-order valence-electron chi connectivity index (χ3n) is 3.38. The van der Waals surface area contributed by atoms with Gasteiger partial charge in [-0.05, 0) is 39.8 Å². The quantitative estimate of drug-likeness (QED) is 0.826. The molecule has 1 saturated heterocycles. The van der Waals surface area contributed by atoms with E-state index < -0.39 is 0 Å². The van der Waals surface area contributed by atoms with Crippen LogP contribution >= 0.6 is 0 Å². The highest BCUT2D eigenvalue weighted by molar-refractivity contribution is 5.64. The number of aryl methyl sites for hydroxylation is 2. The predicted molar refractivity (Wildman–Crippen MR) is 71.1 cm³/mol. The first-order chi connectivity index (χ1) is 8.08. The molecule has 5 heteroatoms. The van der Waals surface area contributed by atoms with Gasteiger partial charge in [-0.25, -0.2) is 0 Å². The average Bonchev–Trinajstić information content (AvgIpc) is 2.83. The van der Waals surface area contributed by atoms with Crippen molar-refractivity contribution in [2.75, 3.05) is 30.7 Å². The maximum Gasteiger partial charge on any atom is 0.148 e. The number of rotatable bonds is 4. The fraction of sp³-hybridized carbons (Fsp3) is 0.750. The van der Waals surface area contributed by atoms with Gasteiger partial charge in [0.15, 0.2) is 0 Å². The molecular formula is C12H23N5. The molecule has 0 aromatic carbocycles. The molecule has 0 aliphatic carbocycles. The molecule has 2 heterocycles. The molecule has 3 N–H and O–H groups in total. The second kappa shape index (κ2) is 4.96. The van der Waals surface area contributed by atoms with Gasteiger partial charge >= 0.3 is 0 Å². The van der Waals surface area contributed by atoms with E-state index in [2.05, 4.69) is 22.2 Å². The van der Waals surface area contributed by atoms with Crippen molar-refractivity contribution in [3.05, 3.63) is 5.69 Å². The summed E-state index contributed by atoms with van der Waals surface area (Å²) < 4.78 is 1.82. The summed E-state index contributed by atoms with van der Waals surface area (Å²) in [6.45, 7) is 7.66.